The van der Waals surface area contributed by atoms with Gasteiger partial charge in [-0.05, 0) is 97.7 Å². The highest BCUT2D eigenvalue weighted by molar-refractivity contribution is 6.34. The van der Waals surface area contributed by atoms with Crippen LogP contribution in [0.5, 0.6) is 0 Å². The van der Waals surface area contributed by atoms with Crippen LogP contribution in [0.15, 0.2) is 206 Å². The van der Waals surface area contributed by atoms with Crippen molar-refractivity contribution in [3.05, 3.63) is 354 Å². The highest BCUT2D eigenvalue weighted by Gasteiger charge is 2.39. The quantitative estimate of drug-likeness (QED) is 0.0232. The number of rotatable bonds is 3. The van der Waals surface area contributed by atoms with E-state index in [1.54, 1.807) is 73.7 Å². The number of allylic oxidation sites excluding steroid dienone is 1. The number of halogens is 6. The highest BCUT2D eigenvalue weighted by atomic mass is 19.2. The first kappa shape index (κ1) is 93.4. The Morgan fingerprint density at radius 2 is 0.759 bits per heavy atom. The van der Waals surface area contributed by atoms with Crippen molar-refractivity contribution in [1.29, 1.82) is 63.1 Å². The summed E-state index contributed by atoms with van der Waals surface area (Å²) in [6.45, 7) is 42.2. The number of carbonyl (C=O) groups excluding carboxylic acids is 5. The van der Waals surface area contributed by atoms with E-state index in [-0.39, 0.29) is 97.1 Å². The molecule has 0 N–H and O–H groups in total. The molecule has 5 aliphatic rings. The normalized spacial score (nSPS) is 11.9. The molecular weight excluding hydrogens is 1720 g/mol. The number of amidine groups is 2. The first-order chi connectivity index (χ1) is 64.2. The summed E-state index contributed by atoms with van der Waals surface area (Å²) in [6.07, 6.45) is 1.44. The molecule has 5 heterocycles. The lowest BCUT2D eigenvalue weighted by Crippen LogP contribution is -2.47. The van der Waals surface area contributed by atoms with Crippen LogP contribution in [0, 0.1) is 222 Å². The SMILES string of the molecule is C#N.N#CC(C#N)=c1c(F)c(F)c2c(F)c(=C(C#N)C#N)c(F)c(F)c2c1F.O=C1OC(=O)c2ccc3c4c(ccc1c24)C(=O)OC3=O.[C-]#[N+]/C(C#N)=C\c1ccccc1C(=O)c1ccccc1C.[C-]#[N+]C(C#N)=c1c2ccccc2c(=C(C)C#N)c2ccccc12.[C-]#[N+]C(C#N)=c1ccc(=c2ccc(=C(C#N)[N+]#[C-])cc2)cc1.[C-]#[N+]C1=NC2=NC(C#N)=NC3=NC(C#N)=NC(=N1)N32. The molecule has 0 fully saturated rings. The summed E-state index contributed by atoms with van der Waals surface area (Å²) in [5, 5.41) is 106. The Bertz CT molecular complexity index is 8120. The van der Waals surface area contributed by atoms with Gasteiger partial charge in [-0.2, -0.15) is 61.7 Å². The van der Waals surface area contributed by atoms with E-state index in [0.717, 1.165) is 67.0 Å². The molecule has 0 aliphatic carbocycles. The zero-order valence-electron chi connectivity index (χ0n) is 67.2. The van der Waals surface area contributed by atoms with Crippen molar-refractivity contribution in [3.8, 4) is 73.3 Å². The Morgan fingerprint density at radius 3 is 1.11 bits per heavy atom. The molecule has 5 aliphatic heterocycles. The van der Waals surface area contributed by atoms with Crippen molar-refractivity contribution in [3.63, 3.8) is 0 Å². The molecule has 0 unspecified atom stereocenters. The minimum absolute atomic E-state index is 0.0274. The monoisotopic (exact) mass is 1750 g/mol. The van der Waals surface area contributed by atoms with E-state index < -0.39 is 91.1 Å². The Labute approximate surface area is 743 Å². The fourth-order valence-corrected chi connectivity index (χ4v) is 13.2. The van der Waals surface area contributed by atoms with Gasteiger partial charge < -0.3 is 14.3 Å². The molecule has 0 saturated heterocycles. The Hall–Kier alpha value is -21.9. The predicted octanol–water partition coefficient (Wildman–Crippen LogP) is 12.5. The van der Waals surface area contributed by atoms with Gasteiger partial charge in [-0.1, -0.05) is 146 Å². The number of hydrogen-bond donors (Lipinski definition) is 0. The number of nitrogens with zero attached hydrogens (tertiary/aromatic N) is 24. The standard InChI is InChI=1S/C20H11N3.C18H8N4.C18H12N2O.C16F6N4.C14H4O6.C9N10.CHN/c1-13(11-21)19-14-7-3-5-9-16(14)20(18(12-22)23-2)17-10-6-4-8-15(17)19;1-21-17(11-19)15-7-3-13(4-8-15)14-5-9-16(10-6-14)18(12-20)22-2;1-13-7-3-5-9-16(13)18(21)17-10-6-4-8-14(17)11-15(12-19)20-2;17-11-7(5(1-23)2-24)13(19)15(21)10-9(11)16(22)14(20)8(12(10)18)6(3-25)4-26;15-11-5-1-2-6-10-8(14(18)20-12(6)16)4-3-7(9(5)10)13(17)19-11;1-12-6-17-8-15-4(2-10)13-7-14-5(3-11)16-9(18-6)19(7)8;1-2/h3-10H,1H3;3-10H;3-11H,1H3;;1-4H;;1H/b;;15-11-;;;;. The van der Waals surface area contributed by atoms with E-state index in [1.165, 1.54) is 35.2 Å². The molecule has 16 rings (SSSR count). The smallest absolute Gasteiger partial charge is 0.378 e. The second-order valence-corrected chi connectivity index (χ2v) is 26.1. The number of benzene rings is 11. The number of cyclic esters (lactones) is 4. The van der Waals surface area contributed by atoms with Crippen LogP contribution in [0.2, 0.25) is 0 Å². The van der Waals surface area contributed by atoms with Gasteiger partial charge in [0, 0.05) is 44.5 Å². The maximum Gasteiger partial charge on any atom is 0.378 e. The summed E-state index contributed by atoms with van der Waals surface area (Å²) >= 11 is 0. The Balaban J connectivity index is 0.000000165. The Kier molecular flexibility index (Phi) is 29.0. The van der Waals surface area contributed by atoms with Crippen molar-refractivity contribution in [1.82, 2.24) is 4.90 Å². The molecule has 0 amide bonds. The Morgan fingerprint density at radius 1 is 0.391 bits per heavy atom. The largest absolute Gasteiger partial charge is 0.394 e. The molecule has 0 saturated carbocycles. The maximum absolute atomic E-state index is 14.4. The number of esters is 4. The van der Waals surface area contributed by atoms with Crippen molar-refractivity contribution in [2.24, 2.45) is 30.0 Å². The van der Waals surface area contributed by atoms with Crippen molar-refractivity contribution in [2.75, 3.05) is 0 Å². The number of hydrogen-bond acceptors (Lipinski definition) is 26. The lowest BCUT2D eigenvalue weighted by Gasteiger charge is -2.24. The van der Waals surface area contributed by atoms with E-state index in [1.807, 2.05) is 122 Å². The number of ether oxygens (including phenoxy) is 2. The van der Waals surface area contributed by atoms with Crippen molar-refractivity contribution in [2.45, 2.75) is 13.8 Å². The third kappa shape index (κ3) is 18.4. The van der Waals surface area contributed by atoms with Crippen LogP contribution >= 0.6 is 0 Å². The molecule has 0 atom stereocenters. The van der Waals surface area contributed by atoms with Gasteiger partial charge in [-0.25, -0.2) is 91.2 Å². The second-order valence-electron chi connectivity index (χ2n) is 26.1. The molecule has 0 spiro atoms. The molecule has 11 aromatic rings. The number of guanidine groups is 4. The van der Waals surface area contributed by atoms with Gasteiger partial charge in [0.15, 0.2) is 29.1 Å². The van der Waals surface area contributed by atoms with Crippen LogP contribution in [0.3, 0.4) is 0 Å². The number of carbonyl (C=O) groups is 5. The number of ketones is 1. The minimum Gasteiger partial charge on any atom is -0.394 e. The van der Waals surface area contributed by atoms with E-state index in [9.17, 15) is 60.8 Å². The third-order valence-corrected chi connectivity index (χ3v) is 19.0. The topological polar surface area (TPSA) is 488 Å². The number of nitriles is 12. The average molecular weight is 1750 g/mol. The molecule has 0 bridgehead atoms. The highest BCUT2D eigenvalue weighted by Crippen LogP contribution is 2.37. The molecule has 624 valence electrons. The summed E-state index contributed by atoms with van der Waals surface area (Å²) in [6, 6.07) is 66.8. The van der Waals surface area contributed by atoms with E-state index in [0.29, 0.717) is 37.9 Å². The molecule has 133 heavy (non-hydrogen) atoms. The van der Waals surface area contributed by atoms with Crippen LogP contribution in [0.4, 0.5) is 26.3 Å². The fourth-order valence-electron chi connectivity index (χ4n) is 13.2. The van der Waals surface area contributed by atoms with Gasteiger partial charge >= 0.3 is 41.8 Å². The number of aryl methyl sites for hydroxylation is 1. The molecule has 37 heteroatoms. The zero-order valence-corrected chi connectivity index (χ0v) is 67.2. The van der Waals surface area contributed by atoms with Gasteiger partial charge in [0.1, 0.15) is 59.2 Å². The van der Waals surface area contributed by atoms with Crippen LogP contribution in [0.1, 0.15) is 75.4 Å². The van der Waals surface area contributed by atoms with Crippen molar-refractivity contribution >= 4 is 148 Å². The summed E-state index contributed by atoms with van der Waals surface area (Å²) in [5.41, 5.74) is 1.38. The summed E-state index contributed by atoms with van der Waals surface area (Å²) in [7, 11) is 0. The summed E-state index contributed by atoms with van der Waals surface area (Å²) in [5.74, 6) is -16.7. The van der Waals surface area contributed by atoms with E-state index in [2.05, 4.69) is 76.3 Å². The maximum atomic E-state index is 14.4. The molecule has 0 radical (unpaired) electrons. The first-order valence-corrected chi connectivity index (χ1v) is 36.6. The van der Waals surface area contributed by atoms with E-state index >= 15 is 0 Å². The molecular formula is C96H36F6N24O7. The van der Waals surface area contributed by atoms with Gasteiger partial charge in [0.25, 0.3) is 22.8 Å². The fraction of sp³-hybridized carbons (Fsp3) is 0.0208. The lowest BCUT2D eigenvalue weighted by molar-refractivity contribution is 0.0366. The van der Waals surface area contributed by atoms with E-state index in [4.69, 9.17) is 85.5 Å². The van der Waals surface area contributed by atoms with Gasteiger partial charge in [0.2, 0.25) is 17.6 Å². The van der Waals surface area contributed by atoms with Gasteiger partial charge in [-0.3, -0.25) is 4.79 Å². The van der Waals surface area contributed by atoms with Crippen LogP contribution in [0.25, 0.3) is 107 Å². The summed E-state index contributed by atoms with van der Waals surface area (Å²) < 4.78 is 94.6. The number of aliphatic imine (C=N–C) groups is 6. The second kappa shape index (κ2) is 41.3. The average Bonchev–Trinajstić information content (AvgIpc) is 0.741. The third-order valence-electron chi connectivity index (χ3n) is 19.0. The van der Waals surface area contributed by atoms with Crippen molar-refractivity contribution < 1.29 is 59.8 Å². The molecule has 31 nitrogen and oxygen atoms in total. The van der Waals surface area contributed by atoms with Gasteiger partial charge in [-0.15, -0.1) is 16.6 Å². The van der Waals surface area contributed by atoms with Crippen LogP contribution < -0.4 is 31.3 Å². The zero-order chi connectivity index (χ0) is 96.8. The molecule has 11 aromatic carbocycles. The first-order valence-electron chi connectivity index (χ1n) is 36.6. The summed E-state index contributed by atoms with van der Waals surface area (Å²) in [4.78, 5) is 99.8. The molecule has 0 aromatic heterocycles. The lowest BCUT2D eigenvalue weighted by atomic mass is 9.89. The number of fused-ring (bicyclic) bond motifs is 3. The van der Waals surface area contributed by atoms with Crippen LogP contribution in [-0.4, -0.2) is 70.1 Å². The minimum atomic E-state index is -2.23. The van der Waals surface area contributed by atoms with Crippen LogP contribution in [-0.2, 0) is 9.47 Å². The predicted molar refractivity (Wildman–Crippen MR) is 460 cm³/mol. The van der Waals surface area contributed by atoms with Gasteiger partial charge in [0.05, 0.1) is 100 Å².